The Kier molecular flexibility index (Phi) is 5.27. The molecule has 1 heterocycles. The zero-order valence-corrected chi connectivity index (χ0v) is 12.1. The Labute approximate surface area is 123 Å². The van der Waals surface area contributed by atoms with Gasteiger partial charge in [0.1, 0.15) is 11.9 Å². The number of rotatable bonds is 4. The minimum atomic E-state index is -0.454. The minimum Gasteiger partial charge on any atom is -0.354 e. The molecule has 0 spiro atoms. The molecule has 1 aliphatic rings. The lowest BCUT2D eigenvalue weighted by Gasteiger charge is -2.34. The Bertz CT molecular complexity index is 504. The largest absolute Gasteiger partial charge is 0.354 e. The maximum absolute atomic E-state index is 12.8. The number of piperazine rings is 1. The number of hydrogen-bond acceptors (Lipinski definition) is 3. The molecule has 1 atom stereocenters. The fourth-order valence-corrected chi connectivity index (χ4v) is 2.41. The number of nitrogens with one attached hydrogen (secondary N) is 2. The molecule has 2 N–H and O–H groups in total. The molecule has 0 bridgehead atoms. The van der Waals surface area contributed by atoms with Crippen LogP contribution in [0, 0.1) is 5.82 Å². The molecular formula is C15H20FN3O2. The van der Waals surface area contributed by atoms with Gasteiger partial charge in [0.2, 0.25) is 11.8 Å². The molecule has 2 amide bonds. The van der Waals surface area contributed by atoms with E-state index in [-0.39, 0.29) is 17.6 Å². The van der Waals surface area contributed by atoms with E-state index in [0.717, 1.165) is 5.56 Å². The monoisotopic (exact) mass is 293 g/mol. The van der Waals surface area contributed by atoms with Gasteiger partial charge in [-0.2, -0.15) is 0 Å². The Balaban J connectivity index is 1.83. The van der Waals surface area contributed by atoms with Crippen LogP contribution in [0.15, 0.2) is 24.3 Å². The molecule has 114 valence electrons. The molecular weight excluding hydrogens is 273 g/mol. The van der Waals surface area contributed by atoms with Crippen molar-refractivity contribution in [2.75, 3.05) is 26.2 Å². The van der Waals surface area contributed by atoms with Crippen molar-refractivity contribution in [3.05, 3.63) is 35.6 Å². The maximum Gasteiger partial charge on any atom is 0.244 e. The van der Waals surface area contributed by atoms with Crippen molar-refractivity contribution in [1.29, 1.82) is 0 Å². The molecule has 0 saturated carbocycles. The Hall–Kier alpha value is -1.95. The maximum atomic E-state index is 12.8. The molecule has 0 aliphatic carbocycles. The summed E-state index contributed by atoms with van der Waals surface area (Å²) in [4.78, 5) is 25.3. The van der Waals surface area contributed by atoms with E-state index in [0.29, 0.717) is 32.6 Å². The summed E-state index contributed by atoms with van der Waals surface area (Å²) in [6, 6.07) is 5.75. The van der Waals surface area contributed by atoms with E-state index < -0.39 is 6.04 Å². The van der Waals surface area contributed by atoms with E-state index in [4.69, 9.17) is 0 Å². The van der Waals surface area contributed by atoms with Crippen LogP contribution in [0.5, 0.6) is 0 Å². The van der Waals surface area contributed by atoms with E-state index in [1.807, 2.05) is 0 Å². The van der Waals surface area contributed by atoms with Crippen LogP contribution in [-0.2, 0) is 16.0 Å². The number of benzene rings is 1. The smallest absolute Gasteiger partial charge is 0.244 e. The number of halogens is 1. The van der Waals surface area contributed by atoms with Crippen molar-refractivity contribution >= 4 is 11.8 Å². The van der Waals surface area contributed by atoms with E-state index in [1.165, 1.54) is 19.1 Å². The standard InChI is InChI=1S/C15H20FN3O2/c1-11(20)19-9-8-17-10-14(19)15(21)18-7-6-12-2-4-13(16)5-3-12/h2-5,14,17H,6-10H2,1H3,(H,18,21). The molecule has 1 fully saturated rings. The first kappa shape index (κ1) is 15.4. The average Bonchev–Trinajstić information content (AvgIpc) is 2.49. The van der Waals surface area contributed by atoms with Gasteiger partial charge < -0.3 is 15.5 Å². The molecule has 0 aromatic heterocycles. The van der Waals surface area contributed by atoms with E-state index in [2.05, 4.69) is 10.6 Å². The van der Waals surface area contributed by atoms with Crippen molar-refractivity contribution in [1.82, 2.24) is 15.5 Å². The minimum absolute atomic E-state index is 0.0878. The van der Waals surface area contributed by atoms with Gasteiger partial charge in [-0.25, -0.2) is 4.39 Å². The van der Waals surface area contributed by atoms with Gasteiger partial charge in [-0.05, 0) is 24.1 Å². The number of amides is 2. The van der Waals surface area contributed by atoms with E-state index in [9.17, 15) is 14.0 Å². The van der Waals surface area contributed by atoms with Crippen LogP contribution in [0.4, 0.5) is 4.39 Å². The second-order valence-electron chi connectivity index (χ2n) is 5.10. The van der Waals surface area contributed by atoms with Gasteiger partial charge >= 0.3 is 0 Å². The van der Waals surface area contributed by atoms with Crippen LogP contribution in [0.1, 0.15) is 12.5 Å². The number of nitrogens with zero attached hydrogens (tertiary/aromatic N) is 1. The first-order chi connectivity index (χ1) is 10.1. The van der Waals surface area contributed by atoms with Gasteiger partial charge in [0.05, 0.1) is 0 Å². The first-order valence-electron chi connectivity index (χ1n) is 7.08. The Morgan fingerprint density at radius 2 is 2.10 bits per heavy atom. The summed E-state index contributed by atoms with van der Waals surface area (Å²) < 4.78 is 12.8. The lowest BCUT2D eigenvalue weighted by molar-refractivity contribution is -0.139. The number of carbonyl (C=O) groups is 2. The summed E-state index contributed by atoms with van der Waals surface area (Å²) >= 11 is 0. The fourth-order valence-electron chi connectivity index (χ4n) is 2.41. The van der Waals surface area contributed by atoms with Crippen LogP contribution < -0.4 is 10.6 Å². The molecule has 1 unspecified atom stereocenters. The highest BCUT2D eigenvalue weighted by molar-refractivity contribution is 5.87. The van der Waals surface area contributed by atoms with Crippen molar-refractivity contribution in [2.45, 2.75) is 19.4 Å². The van der Waals surface area contributed by atoms with Crippen LogP contribution in [0.25, 0.3) is 0 Å². The van der Waals surface area contributed by atoms with E-state index in [1.54, 1.807) is 17.0 Å². The molecule has 21 heavy (non-hydrogen) atoms. The molecule has 0 radical (unpaired) electrons. The lowest BCUT2D eigenvalue weighted by Crippen LogP contribution is -2.59. The topological polar surface area (TPSA) is 61.4 Å². The third-order valence-electron chi connectivity index (χ3n) is 3.58. The second-order valence-corrected chi connectivity index (χ2v) is 5.10. The summed E-state index contributed by atoms with van der Waals surface area (Å²) in [6.45, 7) is 3.67. The molecule has 5 nitrogen and oxygen atoms in total. The highest BCUT2D eigenvalue weighted by Crippen LogP contribution is 2.05. The summed E-state index contributed by atoms with van der Waals surface area (Å²) in [6.07, 6.45) is 0.631. The SMILES string of the molecule is CC(=O)N1CCNCC1C(=O)NCCc1ccc(F)cc1. The zero-order valence-electron chi connectivity index (χ0n) is 12.1. The van der Waals surface area contributed by atoms with Crippen LogP contribution in [-0.4, -0.2) is 48.9 Å². The quantitative estimate of drug-likeness (QED) is 0.839. The van der Waals surface area contributed by atoms with Crippen molar-refractivity contribution in [3.8, 4) is 0 Å². The number of hydrogen-bond donors (Lipinski definition) is 2. The molecule has 6 heteroatoms. The van der Waals surface area contributed by atoms with Crippen LogP contribution in [0.3, 0.4) is 0 Å². The van der Waals surface area contributed by atoms with Crippen molar-refractivity contribution in [3.63, 3.8) is 0 Å². The molecule has 1 aromatic carbocycles. The summed E-state index contributed by atoms with van der Waals surface area (Å²) in [7, 11) is 0. The van der Waals surface area contributed by atoms with Crippen LogP contribution >= 0.6 is 0 Å². The summed E-state index contributed by atoms with van der Waals surface area (Å²) in [5, 5.41) is 5.95. The van der Waals surface area contributed by atoms with Crippen molar-refractivity contribution < 1.29 is 14.0 Å². The Morgan fingerprint density at radius 3 is 2.76 bits per heavy atom. The van der Waals surface area contributed by atoms with E-state index >= 15 is 0 Å². The van der Waals surface area contributed by atoms with Gasteiger partial charge in [-0.3, -0.25) is 9.59 Å². The molecule has 1 aromatic rings. The summed E-state index contributed by atoms with van der Waals surface area (Å²) in [5.41, 5.74) is 0.960. The normalized spacial score (nSPS) is 18.4. The number of carbonyl (C=O) groups excluding carboxylic acids is 2. The molecule has 1 aliphatic heterocycles. The second kappa shape index (κ2) is 7.17. The van der Waals surface area contributed by atoms with Gasteiger partial charge in [0.25, 0.3) is 0 Å². The zero-order chi connectivity index (χ0) is 15.2. The van der Waals surface area contributed by atoms with Gasteiger partial charge in [-0.15, -0.1) is 0 Å². The van der Waals surface area contributed by atoms with Crippen molar-refractivity contribution in [2.24, 2.45) is 0 Å². The Morgan fingerprint density at radius 1 is 1.38 bits per heavy atom. The fraction of sp³-hybridized carbons (Fsp3) is 0.467. The third-order valence-corrected chi connectivity index (χ3v) is 3.58. The van der Waals surface area contributed by atoms with Crippen LogP contribution in [0.2, 0.25) is 0 Å². The summed E-state index contributed by atoms with van der Waals surface area (Å²) in [5.74, 6) is -0.511. The average molecular weight is 293 g/mol. The third kappa shape index (κ3) is 4.26. The highest BCUT2D eigenvalue weighted by Gasteiger charge is 2.29. The predicted molar refractivity (Wildman–Crippen MR) is 77.2 cm³/mol. The van der Waals surface area contributed by atoms with Gasteiger partial charge in [0.15, 0.2) is 0 Å². The first-order valence-corrected chi connectivity index (χ1v) is 7.08. The molecule has 1 saturated heterocycles. The highest BCUT2D eigenvalue weighted by atomic mass is 19.1. The lowest BCUT2D eigenvalue weighted by atomic mass is 10.1. The predicted octanol–water partition coefficient (Wildman–Crippen LogP) is 0.305. The molecule has 2 rings (SSSR count). The van der Waals surface area contributed by atoms with Gasteiger partial charge in [0, 0.05) is 33.1 Å². The van der Waals surface area contributed by atoms with Gasteiger partial charge in [-0.1, -0.05) is 12.1 Å².